The van der Waals surface area contributed by atoms with Gasteiger partial charge in [0, 0.05) is 0 Å². The molecular weight excluding hydrogens is 214 g/mol. The molecule has 0 aromatic rings. The highest BCUT2D eigenvalue weighted by Gasteiger charge is 2.08. The summed E-state index contributed by atoms with van der Waals surface area (Å²) in [7, 11) is 0. The Morgan fingerprint density at radius 3 is 1.76 bits per heavy atom. The van der Waals surface area contributed by atoms with Gasteiger partial charge >= 0.3 is 0 Å². The zero-order valence-electron chi connectivity index (χ0n) is 11.3. The highest BCUT2D eigenvalue weighted by Crippen LogP contribution is 2.11. The summed E-state index contributed by atoms with van der Waals surface area (Å²) in [5, 5.41) is 9.18. The number of hydrogen-bond acceptors (Lipinski definition) is 2. The standard InChI is InChI=1S/C14H29NO2/c1-2-3-4-5-6-7-8-9-10-11-12-13(16)14(15)17/h13,16H,2-12H2,1H3,(H2,15,17)/t13-/m1/s1. The van der Waals surface area contributed by atoms with Gasteiger partial charge in [-0.2, -0.15) is 0 Å². The van der Waals surface area contributed by atoms with Crippen LogP contribution in [0.1, 0.15) is 77.6 Å². The number of carbonyl (C=O) groups excluding carboxylic acids is 1. The molecule has 0 spiro atoms. The number of amides is 1. The van der Waals surface area contributed by atoms with Crippen LogP contribution in [-0.4, -0.2) is 17.1 Å². The predicted molar refractivity (Wildman–Crippen MR) is 71.7 cm³/mol. The molecule has 3 heteroatoms. The van der Waals surface area contributed by atoms with Crippen LogP contribution >= 0.6 is 0 Å². The van der Waals surface area contributed by atoms with E-state index in [9.17, 15) is 9.90 Å². The number of aliphatic hydroxyl groups is 1. The van der Waals surface area contributed by atoms with Gasteiger partial charge in [0.25, 0.3) is 0 Å². The fraction of sp³-hybridized carbons (Fsp3) is 0.929. The maximum atomic E-state index is 10.6. The smallest absolute Gasteiger partial charge is 0.246 e. The lowest BCUT2D eigenvalue weighted by Gasteiger charge is -2.05. The average molecular weight is 243 g/mol. The van der Waals surface area contributed by atoms with Gasteiger partial charge in [0.2, 0.25) is 5.91 Å². The van der Waals surface area contributed by atoms with Gasteiger partial charge < -0.3 is 10.8 Å². The van der Waals surface area contributed by atoms with Crippen molar-refractivity contribution in [1.82, 2.24) is 0 Å². The van der Waals surface area contributed by atoms with Gasteiger partial charge in [-0.3, -0.25) is 4.79 Å². The van der Waals surface area contributed by atoms with E-state index in [-0.39, 0.29) is 0 Å². The summed E-state index contributed by atoms with van der Waals surface area (Å²) < 4.78 is 0. The van der Waals surface area contributed by atoms with Gasteiger partial charge in [-0.15, -0.1) is 0 Å². The second kappa shape index (κ2) is 11.9. The molecule has 3 N–H and O–H groups in total. The fourth-order valence-corrected chi connectivity index (χ4v) is 1.97. The first-order chi connectivity index (χ1) is 8.18. The van der Waals surface area contributed by atoms with E-state index < -0.39 is 12.0 Å². The van der Waals surface area contributed by atoms with E-state index >= 15 is 0 Å². The van der Waals surface area contributed by atoms with Crippen molar-refractivity contribution in [3.8, 4) is 0 Å². The number of rotatable bonds is 12. The van der Waals surface area contributed by atoms with Crippen LogP contribution in [0.2, 0.25) is 0 Å². The molecule has 17 heavy (non-hydrogen) atoms. The van der Waals surface area contributed by atoms with Crippen molar-refractivity contribution in [2.75, 3.05) is 0 Å². The van der Waals surface area contributed by atoms with Gasteiger partial charge in [0.05, 0.1) is 0 Å². The maximum absolute atomic E-state index is 10.6. The van der Waals surface area contributed by atoms with E-state index in [1.807, 2.05) is 0 Å². The van der Waals surface area contributed by atoms with E-state index in [2.05, 4.69) is 6.92 Å². The largest absolute Gasteiger partial charge is 0.383 e. The molecule has 0 saturated heterocycles. The van der Waals surface area contributed by atoms with Crippen LogP contribution in [0.15, 0.2) is 0 Å². The minimum Gasteiger partial charge on any atom is -0.383 e. The Bertz CT molecular complexity index is 183. The molecule has 0 aliphatic carbocycles. The molecule has 0 fully saturated rings. The van der Waals surface area contributed by atoms with Gasteiger partial charge in [0.15, 0.2) is 0 Å². The lowest BCUT2D eigenvalue weighted by molar-refractivity contribution is -0.126. The molecule has 0 aliphatic heterocycles. The quantitative estimate of drug-likeness (QED) is 0.517. The number of primary amides is 1. The zero-order chi connectivity index (χ0) is 12.9. The maximum Gasteiger partial charge on any atom is 0.246 e. The number of aliphatic hydroxyl groups excluding tert-OH is 1. The van der Waals surface area contributed by atoms with Crippen LogP contribution < -0.4 is 5.73 Å². The Kier molecular flexibility index (Phi) is 11.5. The van der Waals surface area contributed by atoms with E-state index in [4.69, 9.17) is 5.73 Å². The Morgan fingerprint density at radius 2 is 1.35 bits per heavy atom. The Balaban J connectivity index is 3.06. The van der Waals surface area contributed by atoms with Crippen LogP contribution in [0.3, 0.4) is 0 Å². The Labute approximate surface area is 106 Å². The third-order valence-electron chi connectivity index (χ3n) is 3.16. The molecule has 0 aromatic heterocycles. The predicted octanol–water partition coefficient (Wildman–Crippen LogP) is 3.14. The van der Waals surface area contributed by atoms with Crippen molar-refractivity contribution in [3.63, 3.8) is 0 Å². The fourth-order valence-electron chi connectivity index (χ4n) is 1.97. The number of unbranched alkanes of at least 4 members (excludes halogenated alkanes) is 9. The highest BCUT2D eigenvalue weighted by molar-refractivity contribution is 5.78. The third-order valence-corrected chi connectivity index (χ3v) is 3.16. The van der Waals surface area contributed by atoms with Crippen LogP contribution in [0.25, 0.3) is 0 Å². The molecule has 0 aliphatic rings. The minimum atomic E-state index is -0.941. The first kappa shape index (κ1) is 16.4. The molecule has 1 amide bonds. The number of hydrogen-bond donors (Lipinski definition) is 2. The van der Waals surface area contributed by atoms with Gasteiger partial charge in [-0.05, 0) is 6.42 Å². The molecule has 102 valence electrons. The first-order valence-corrected chi connectivity index (χ1v) is 7.16. The lowest BCUT2D eigenvalue weighted by Crippen LogP contribution is -2.27. The van der Waals surface area contributed by atoms with Crippen molar-refractivity contribution in [1.29, 1.82) is 0 Å². The molecule has 0 unspecified atom stereocenters. The van der Waals surface area contributed by atoms with Crippen LogP contribution in [0, 0.1) is 0 Å². The molecule has 0 saturated carbocycles. The zero-order valence-corrected chi connectivity index (χ0v) is 11.3. The van der Waals surface area contributed by atoms with Crippen LogP contribution in [0.5, 0.6) is 0 Å². The molecule has 0 rings (SSSR count). The highest BCUT2D eigenvalue weighted by atomic mass is 16.3. The Hall–Kier alpha value is -0.570. The second-order valence-electron chi connectivity index (χ2n) is 4.89. The van der Waals surface area contributed by atoms with Crippen molar-refractivity contribution >= 4 is 5.91 Å². The minimum absolute atomic E-state index is 0.520. The average Bonchev–Trinajstić information content (AvgIpc) is 2.31. The van der Waals surface area contributed by atoms with E-state index in [1.54, 1.807) is 0 Å². The molecule has 1 atom stereocenters. The second-order valence-corrected chi connectivity index (χ2v) is 4.89. The SMILES string of the molecule is CCCCCCCCCCCC[C@@H](O)C(N)=O. The summed E-state index contributed by atoms with van der Waals surface area (Å²) in [5.74, 6) is -0.596. The Morgan fingerprint density at radius 1 is 0.941 bits per heavy atom. The van der Waals surface area contributed by atoms with Crippen LogP contribution in [0.4, 0.5) is 0 Å². The molecule has 0 aromatic carbocycles. The molecule has 0 bridgehead atoms. The summed E-state index contributed by atoms with van der Waals surface area (Å²) in [6, 6.07) is 0. The van der Waals surface area contributed by atoms with E-state index in [0.717, 1.165) is 12.8 Å². The van der Waals surface area contributed by atoms with Gasteiger partial charge in [0.1, 0.15) is 6.10 Å². The van der Waals surface area contributed by atoms with E-state index in [0.29, 0.717) is 6.42 Å². The summed E-state index contributed by atoms with van der Waals surface area (Å²) in [6.45, 7) is 2.24. The number of nitrogens with two attached hydrogens (primary N) is 1. The number of carbonyl (C=O) groups is 1. The third kappa shape index (κ3) is 11.7. The van der Waals surface area contributed by atoms with Gasteiger partial charge in [-0.25, -0.2) is 0 Å². The molecule has 3 nitrogen and oxygen atoms in total. The van der Waals surface area contributed by atoms with Crippen molar-refractivity contribution in [2.45, 2.75) is 83.7 Å². The molecular formula is C14H29NO2. The normalized spacial score (nSPS) is 12.6. The van der Waals surface area contributed by atoms with Crippen molar-refractivity contribution < 1.29 is 9.90 Å². The summed E-state index contributed by atoms with van der Waals surface area (Å²) in [5.41, 5.74) is 4.97. The van der Waals surface area contributed by atoms with Crippen molar-refractivity contribution in [2.24, 2.45) is 5.73 Å². The van der Waals surface area contributed by atoms with Crippen molar-refractivity contribution in [3.05, 3.63) is 0 Å². The summed E-state index contributed by atoms with van der Waals surface area (Å²) in [6.07, 6.45) is 12.2. The summed E-state index contributed by atoms with van der Waals surface area (Å²) >= 11 is 0. The summed E-state index contributed by atoms with van der Waals surface area (Å²) in [4.78, 5) is 10.6. The van der Waals surface area contributed by atoms with Gasteiger partial charge in [-0.1, -0.05) is 71.1 Å². The first-order valence-electron chi connectivity index (χ1n) is 7.16. The topological polar surface area (TPSA) is 63.3 Å². The van der Waals surface area contributed by atoms with Crippen LogP contribution in [-0.2, 0) is 4.79 Å². The molecule has 0 heterocycles. The van der Waals surface area contributed by atoms with E-state index in [1.165, 1.54) is 51.4 Å². The monoisotopic (exact) mass is 243 g/mol. The molecule has 0 radical (unpaired) electrons. The lowest BCUT2D eigenvalue weighted by atomic mass is 10.0.